The van der Waals surface area contributed by atoms with Crippen molar-refractivity contribution >= 4 is 28.3 Å². The fraction of sp³-hybridized carbons (Fsp3) is 0.400. The predicted molar refractivity (Wildman–Crippen MR) is 68.6 cm³/mol. The first-order valence-electron chi connectivity index (χ1n) is 5.79. The molecule has 1 aliphatic carbocycles. The van der Waals surface area contributed by atoms with Crippen LogP contribution in [0.4, 0.5) is 10.8 Å². The van der Waals surface area contributed by atoms with Gasteiger partial charge < -0.3 is 20.9 Å². The van der Waals surface area contributed by atoms with Gasteiger partial charge in [0.05, 0.1) is 6.54 Å². The Bertz CT molecular complexity index is 577. The van der Waals surface area contributed by atoms with Crippen LogP contribution in [0, 0.1) is 0 Å². The Morgan fingerprint density at radius 3 is 3.11 bits per heavy atom. The summed E-state index contributed by atoms with van der Waals surface area (Å²) in [6.07, 6.45) is 3.29. The molecule has 0 saturated heterocycles. The van der Waals surface area contributed by atoms with Gasteiger partial charge in [-0.05, 0) is 24.4 Å². The van der Waals surface area contributed by atoms with Crippen molar-refractivity contribution in [1.29, 1.82) is 0 Å². The average Bonchev–Trinajstić information content (AvgIpc) is 2.92. The first-order chi connectivity index (χ1) is 9.24. The third-order valence-electron chi connectivity index (χ3n) is 2.67. The highest BCUT2D eigenvalue weighted by Gasteiger charge is 2.27. The van der Waals surface area contributed by atoms with Crippen LogP contribution in [0.25, 0.3) is 0 Å². The van der Waals surface area contributed by atoms with E-state index in [-0.39, 0.29) is 17.8 Å². The molecule has 1 fully saturated rings. The van der Waals surface area contributed by atoms with E-state index in [9.17, 15) is 4.79 Å². The Morgan fingerprint density at radius 2 is 2.42 bits per heavy atom. The Balaban J connectivity index is 1.71. The van der Waals surface area contributed by atoms with Crippen molar-refractivity contribution in [3.8, 4) is 0 Å². The predicted octanol–water partition coefficient (Wildman–Crippen LogP) is 0.613. The lowest BCUT2D eigenvalue weighted by molar-refractivity contribution is 0.0953. The highest BCUT2D eigenvalue weighted by atomic mass is 32.1. The molecule has 2 heterocycles. The number of nitrogen functional groups attached to an aromatic ring is 1. The number of hydrogen-bond donors (Lipinski definition) is 3. The number of aromatic nitrogens is 3. The normalized spacial score (nSPS) is 14.3. The summed E-state index contributed by atoms with van der Waals surface area (Å²) in [4.78, 5) is 15.9. The molecule has 0 aliphatic heterocycles. The third kappa shape index (κ3) is 2.65. The van der Waals surface area contributed by atoms with Gasteiger partial charge >= 0.3 is 0 Å². The van der Waals surface area contributed by atoms with Gasteiger partial charge in [0.1, 0.15) is 10.6 Å². The lowest BCUT2D eigenvalue weighted by atomic mass is 10.3. The van der Waals surface area contributed by atoms with Crippen molar-refractivity contribution in [2.24, 2.45) is 0 Å². The summed E-state index contributed by atoms with van der Waals surface area (Å²) in [5.74, 6) is 0.545. The quantitative estimate of drug-likeness (QED) is 0.734. The first kappa shape index (κ1) is 11.9. The molecule has 2 aromatic heterocycles. The van der Waals surface area contributed by atoms with Gasteiger partial charge in [-0.2, -0.15) is 9.36 Å². The van der Waals surface area contributed by atoms with Crippen LogP contribution in [0.5, 0.6) is 0 Å². The Kier molecular flexibility index (Phi) is 3.03. The van der Waals surface area contributed by atoms with Crippen LogP contribution < -0.4 is 16.4 Å². The number of nitrogens with one attached hydrogen (secondary N) is 2. The van der Waals surface area contributed by atoms with Crippen molar-refractivity contribution in [2.45, 2.75) is 25.4 Å². The lowest BCUT2D eigenvalue weighted by Crippen LogP contribution is -2.26. The zero-order chi connectivity index (χ0) is 13.2. The minimum absolute atomic E-state index is 0.190. The highest BCUT2D eigenvalue weighted by Crippen LogP contribution is 2.28. The zero-order valence-electron chi connectivity index (χ0n) is 9.92. The monoisotopic (exact) mass is 280 g/mol. The van der Waals surface area contributed by atoms with E-state index in [0.717, 1.165) is 24.4 Å². The number of rotatable bonds is 5. The molecule has 3 rings (SSSR count). The molecular formula is C10H12N6O2S. The molecule has 0 atom stereocenters. The van der Waals surface area contributed by atoms with Crippen LogP contribution in [0.15, 0.2) is 10.9 Å². The molecule has 0 bridgehead atoms. The Labute approximate surface area is 112 Å². The second-order valence-corrected chi connectivity index (χ2v) is 4.99. The zero-order valence-corrected chi connectivity index (χ0v) is 10.7. The van der Waals surface area contributed by atoms with Crippen molar-refractivity contribution in [1.82, 2.24) is 19.8 Å². The molecule has 8 nitrogen and oxygen atoms in total. The molecule has 19 heavy (non-hydrogen) atoms. The fourth-order valence-electron chi connectivity index (χ4n) is 1.56. The van der Waals surface area contributed by atoms with Gasteiger partial charge in [-0.3, -0.25) is 4.79 Å². The summed E-state index contributed by atoms with van der Waals surface area (Å²) >= 11 is 1.14. The minimum Gasteiger partial charge on any atom is -0.382 e. The Hall–Kier alpha value is -2.16. The van der Waals surface area contributed by atoms with E-state index in [1.165, 1.54) is 6.39 Å². The summed E-state index contributed by atoms with van der Waals surface area (Å²) in [7, 11) is 0. The van der Waals surface area contributed by atoms with Crippen LogP contribution in [-0.2, 0) is 6.54 Å². The molecule has 1 amide bonds. The maximum atomic E-state index is 12.0. The van der Waals surface area contributed by atoms with Gasteiger partial charge in [0.25, 0.3) is 5.91 Å². The van der Waals surface area contributed by atoms with Crippen LogP contribution in [-0.4, -0.2) is 26.5 Å². The molecule has 100 valence electrons. The number of carbonyl (C=O) groups is 1. The fourth-order valence-corrected chi connectivity index (χ4v) is 2.26. The second kappa shape index (κ2) is 4.84. The van der Waals surface area contributed by atoms with Crippen molar-refractivity contribution in [2.75, 3.05) is 11.1 Å². The van der Waals surface area contributed by atoms with Crippen LogP contribution in [0.2, 0.25) is 0 Å². The van der Waals surface area contributed by atoms with Crippen LogP contribution in [0.3, 0.4) is 0 Å². The van der Waals surface area contributed by atoms with Crippen LogP contribution >= 0.6 is 11.5 Å². The topological polar surface area (TPSA) is 119 Å². The molecule has 4 N–H and O–H groups in total. The number of carbonyl (C=O) groups excluding carboxylic acids is 1. The van der Waals surface area contributed by atoms with Gasteiger partial charge in [0.15, 0.2) is 11.6 Å². The van der Waals surface area contributed by atoms with Gasteiger partial charge in [0.2, 0.25) is 6.39 Å². The molecule has 0 unspecified atom stereocenters. The maximum absolute atomic E-state index is 12.0. The smallest absolute Gasteiger partial charge is 0.258 e. The summed E-state index contributed by atoms with van der Waals surface area (Å²) < 4.78 is 8.63. The minimum atomic E-state index is -0.190. The average molecular weight is 280 g/mol. The number of anilines is 2. The van der Waals surface area contributed by atoms with E-state index in [1.807, 2.05) is 0 Å². The maximum Gasteiger partial charge on any atom is 0.258 e. The van der Waals surface area contributed by atoms with E-state index in [0.29, 0.717) is 22.9 Å². The SMILES string of the molecule is Nc1nsc(NCc2ncon2)c1C(=O)NC1CC1. The van der Waals surface area contributed by atoms with Gasteiger partial charge in [-0.1, -0.05) is 5.16 Å². The van der Waals surface area contributed by atoms with E-state index < -0.39 is 0 Å². The van der Waals surface area contributed by atoms with Crippen molar-refractivity contribution in [3.63, 3.8) is 0 Å². The first-order valence-corrected chi connectivity index (χ1v) is 6.56. The highest BCUT2D eigenvalue weighted by molar-refractivity contribution is 7.11. The van der Waals surface area contributed by atoms with E-state index >= 15 is 0 Å². The number of hydrogen-bond acceptors (Lipinski definition) is 8. The molecular weight excluding hydrogens is 268 g/mol. The summed E-state index contributed by atoms with van der Waals surface area (Å²) in [5.41, 5.74) is 6.13. The van der Waals surface area contributed by atoms with Crippen LogP contribution in [0.1, 0.15) is 29.0 Å². The molecule has 0 radical (unpaired) electrons. The van der Waals surface area contributed by atoms with Crippen molar-refractivity contribution < 1.29 is 9.32 Å². The van der Waals surface area contributed by atoms with E-state index in [2.05, 4.69) is 29.7 Å². The number of nitrogens with two attached hydrogens (primary N) is 1. The standard InChI is InChI=1S/C10H12N6O2S/c11-8-7(9(17)14-5-1-2-5)10(19-16-8)12-3-6-13-4-18-15-6/h4-5,12H,1-3H2,(H2,11,16)(H,14,17). The lowest BCUT2D eigenvalue weighted by Gasteiger charge is -2.05. The van der Waals surface area contributed by atoms with Gasteiger partial charge in [-0.25, -0.2) is 0 Å². The Morgan fingerprint density at radius 1 is 1.58 bits per heavy atom. The molecule has 2 aromatic rings. The van der Waals surface area contributed by atoms with Gasteiger partial charge in [-0.15, -0.1) is 0 Å². The molecule has 9 heteroatoms. The molecule has 1 saturated carbocycles. The number of nitrogens with zero attached hydrogens (tertiary/aromatic N) is 3. The van der Waals surface area contributed by atoms with Gasteiger partial charge in [0, 0.05) is 6.04 Å². The molecule has 0 spiro atoms. The summed E-state index contributed by atoms with van der Waals surface area (Å²) in [6.45, 7) is 0.349. The molecule has 0 aromatic carbocycles. The molecule has 1 aliphatic rings. The largest absolute Gasteiger partial charge is 0.382 e. The van der Waals surface area contributed by atoms with E-state index in [4.69, 9.17) is 5.73 Å². The second-order valence-electron chi connectivity index (χ2n) is 4.22. The number of amides is 1. The summed E-state index contributed by atoms with van der Waals surface area (Å²) in [5, 5.41) is 10.2. The van der Waals surface area contributed by atoms with E-state index in [1.54, 1.807) is 0 Å². The van der Waals surface area contributed by atoms with Crippen molar-refractivity contribution in [3.05, 3.63) is 17.8 Å². The summed E-state index contributed by atoms with van der Waals surface area (Å²) in [6, 6.07) is 0.275. The third-order valence-corrected chi connectivity index (χ3v) is 3.49.